The predicted octanol–water partition coefficient (Wildman–Crippen LogP) is 1.27. The van der Waals surface area contributed by atoms with E-state index in [0.717, 1.165) is 6.07 Å². The molecule has 0 saturated carbocycles. The number of hydrogen-bond acceptors (Lipinski definition) is 4. The van der Waals surface area contributed by atoms with E-state index in [-0.39, 0.29) is 12.3 Å². The second-order valence-corrected chi connectivity index (χ2v) is 2.36. The van der Waals surface area contributed by atoms with Gasteiger partial charge in [0, 0.05) is 0 Å². The first-order valence-corrected chi connectivity index (χ1v) is 3.92. The van der Waals surface area contributed by atoms with Crippen molar-refractivity contribution in [2.24, 2.45) is 0 Å². The molecule has 0 aliphatic rings. The van der Waals surface area contributed by atoms with E-state index in [0.29, 0.717) is 0 Å². The number of ether oxygens (including phenoxy) is 1. The van der Waals surface area contributed by atoms with E-state index in [1.165, 1.54) is 12.1 Å². The molecule has 1 rings (SSSR count). The molecule has 0 atom stereocenters. The standard InChI is InChI=1S/C9H7FN2O2/c1-2-14-9(13)7-4-3-6(10)8(5-11)12-7/h3-4H,2H2,1H3. The number of rotatable bonds is 2. The van der Waals surface area contributed by atoms with Gasteiger partial charge >= 0.3 is 5.97 Å². The zero-order valence-corrected chi connectivity index (χ0v) is 7.45. The predicted molar refractivity (Wildman–Crippen MR) is 44.9 cm³/mol. The summed E-state index contributed by atoms with van der Waals surface area (Å²) in [6.45, 7) is 1.85. The summed E-state index contributed by atoms with van der Waals surface area (Å²) in [6, 6.07) is 3.73. The van der Waals surface area contributed by atoms with E-state index < -0.39 is 17.5 Å². The zero-order chi connectivity index (χ0) is 10.6. The Morgan fingerprint density at radius 3 is 3.00 bits per heavy atom. The van der Waals surface area contributed by atoms with Gasteiger partial charge in [-0.2, -0.15) is 5.26 Å². The average Bonchev–Trinajstić information content (AvgIpc) is 2.19. The number of pyridine rings is 1. The van der Waals surface area contributed by atoms with Crippen LogP contribution in [0.25, 0.3) is 0 Å². The Labute approximate surface area is 79.9 Å². The maximum atomic E-state index is 12.8. The van der Waals surface area contributed by atoms with Gasteiger partial charge in [-0.05, 0) is 19.1 Å². The summed E-state index contributed by atoms with van der Waals surface area (Å²) in [5.74, 6) is -1.41. The Kier molecular flexibility index (Phi) is 3.13. The Bertz CT molecular complexity index is 398. The van der Waals surface area contributed by atoms with Gasteiger partial charge in [-0.25, -0.2) is 14.2 Å². The second kappa shape index (κ2) is 4.33. The van der Waals surface area contributed by atoms with Crippen LogP contribution in [0.1, 0.15) is 23.1 Å². The van der Waals surface area contributed by atoms with Crippen molar-refractivity contribution in [1.29, 1.82) is 5.26 Å². The first-order valence-electron chi connectivity index (χ1n) is 3.92. The van der Waals surface area contributed by atoms with Gasteiger partial charge in [-0.1, -0.05) is 0 Å². The maximum Gasteiger partial charge on any atom is 0.356 e. The summed E-state index contributed by atoms with van der Waals surface area (Å²) in [5, 5.41) is 8.45. The molecule has 0 fully saturated rings. The normalized spacial score (nSPS) is 9.21. The number of carbonyl (C=O) groups is 1. The van der Waals surface area contributed by atoms with Gasteiger partial charge in [0.1, 0.15) is 11.8 Å². The minimum atomic E-state index is -0.749. The quantitative estimate of drug-likeness (QED) is 0.665. The van der Waals surface area contributed by atoms with Gasteiger partial charge < -0.3 is 4.74 Å². The van der Waals surface area contributed by atoms with E-state index in [9.17, 15) is 9.18 Å². The minimum Gasteiger partial charge on any atom is -0.461 e. The fraction of sp³-hybridized carbons (Fsp3) is 0.222. The van der Waals surface area contributed by atoms with Crippen LogP contribution < -0.4 is 0 Å². The highest BCUT2D eigenvalue weighted by Crippen LogP contribution is 2.05. The third-order valence-corrected chi connectivity index (χ3v) is 1.44. The van der Waals surface area contributed by atoms with Crippen LogP contribution in [0, 0.1) is 17.1 Å². The fourth-order valence-electron chi connectivity index (χ4n) is 0.839. The Hall–Kier alpha value is -1.96. The molecular weight excluding hydrogens is 187 g/mol. The summed E-state index contributed by atoms with van der Waals surface area (Å²) in [5.41, 5.74) is -0.472. The molecule has 0 aliphatic carbocycles. The molecule has 4 nitrogen and oxygen atoms in total. The SMILES string of the molecule is CCOC(=O)c1ccc(F)c(C#N)n1. The molecule has 0 aromatic carbocycles. The fourth-order valence-corrected chi connectivity index (χ4v) is 0.839. The Balaban J connectivity index is 3.02. The number of aromatic nitrogens is 1. The van der Waals surface area contributed by atoms with Crippen LogP contribution in [0.5, 0.6) is 0 Å². The molecule has 1 heterocycles. The highest BCUT2D eigenvalue weighted by Gasteiger charge is 2.11. The van der Waals surface area contributed by atoms with Crippen molar-refractivity contribution < 1.29 is 13.9 Å². The number of esters is 1. The van der Waals surface area contributed by atoms with Crippen molar-refractivity contribution in [2.75, 3.05) is 6.61 Å². The van der Waals surface area contributed by atoms with Crippen LogP contribution in [0.3, 0.4) is 0 Å². The van der Waals surface area contributed by atoms with Crippen LogP contribution in [0.2, 0.25) is 0 Å². The molecule has 14 heavy (non-hydrogen) atoms. The first kappa shape index (κ1) is 10.1. The molecule has 0 radical (unpaired) electrons. The van der Waals surface area contributed by atoms with Gasteiger partial charge in [0.2, 0.25) is 0 Å². The molecule has 0 spiro atoms. The Morgan fingerprint density at radius 2 is 2.43 bits per heavy atom. The van der Waals surface area contributed by atoms with Crippen molar-refractivity contribution in [2.45, 2.75) is 6.92 Å². The lowest BCUT2D eigenvalue weighted by Gasteiger charge is -2.00. The summed E-state index contributed by atoms with van der Waals surface area (Å²) in [7, 11) is 0. The highest BCUT2D eigenvalue weighted by atomic mass is 19.1. The van der Waals surface area contributed by atoms with Crippen LogP contribution in [-0.2, 0) is 4.74 Å². The van der Waals surface area contributed by atoms with Gasteiger partial charge in [0.25, 0.3) is 0 Å². The third kappa shape index (κ3) is 2.04. The molecule has 1 aromatic rings. The van der Waals surface area contributed by atoms with Crippen LogP contribution in [0.4, 0.5) is 4.39 Å². The zero-order valence-electron chi connectivity index (χ0n) is 7.45. The number of hydrogen-bond donors (Lipinski definition) is 0. The molecular formula is C9H7FN2O2. The highest BCUT2D eigenvalue weighted by molar-refractivity contribution is 5.87. The number of nitrogens with zero attached hydrogens (tertiary/aromatic N) is 2. The van der Waals surface area contributed by atoms with Crippen LogP contribution >= 0.6 is 0 Å². The van der Waals surface area contributed by atoms with Gasteiger partial charge in [0.05, 0.1) is 6.61 Å². The first-order chi connectivity index (χ1) is 6.69. The second-order valence-electron chi connectivity index (χ2n) is 2.36. The van der Waals surface area contributed by atoms with Crippen molar-refractivity contribution in [1.82, 2.24) is 4.98 Å². The molecule has 0 amide bonds. The molecule has 72 valence electrons. The van der Waals surface area contributed by atoms with Gasteiger partial charge in [-0.15, -0.1) is 0 Å². The van der Waals surface area contributed by atoms with Crippen molar-refractivity contribution >= 4 is 5.97 Å². The van der Waals surface area contributed by atoms with E-state index in [1.54, 1.807) is 6.92 Å². The van der Waals surface area contributed by atoms with E-state index in [4.69, 9.17) is 5.26 Å². The van der Waals surface area contributed by atoms with Crippen LogP contribution in [-0.4, -0.2) is 17.6 Å². The van der Waals surface area contributed by atoms with Crippen molar-refractivity contribution in [3.05, 3.63) is 29.3 Å². The van der Waals surface area contributed by atoms with E-state index in [2.05, 4.69) is 9.72 Å². The molecule has 0 N–H and O–H groups in total. The Morgan fingerprint density at radius 1 is 1.71 bits per heavy atom. The lowest BCUT2D eigenvalue weighted by molar-refractivity contribution is 0.0519. The number of halogens is 1. The van der Waals surface area contributed by atoms with Crippen LogP contribution in [0.15, 0.2) is 12.1 Å². The smallest absolute Gasteiger partial charge is 0.356 e. The molecule has 0 bridgehead atoms. The molecule has 5 heteroatoms. The third-order valence-electron chi connectivity index (χ3n) is 1.44. The molecule has 1 aromatic heterocycles. The number of nitriles is 1. The summed E-state index contributed by atoms with van der Waals surface area (Å²) >= 11 is 0. The largest absolute Gasteiger partial charge is 0.461 e. The topological polar surface area (TPSA) is 63.0 Å². The van der Waals surface area contributed by atoms with E-state index >= 15 is 0 Å². The van der Waals surface area contributed by atoms with Crippen molar-refractivity contribution in [3.8, 4) is 6.07 Å². The minimum absolute atomic E-state index is 0.0650. The lowest BCUT2D eigenvalue weighted by Crippen LogP contribution is -2.08. The maximum absolute atomic E-state index is 12.8. The summed E-state index contributed by atoms with van der Waals surface area (Å²) < 4.78 is 17.4. The monoisotopic (exact) mass is 194 g/mol. The lowest BCUT2D eigenvalue weighted by atomic mass is 10.3. The molecule has 0 aliphatic heterocycles. The number of carbonyl (C=O) groups excluding carboxylic acids is 1. The van der Waals surface area contributed by atoms with E-state index in [1.807, 2.05) is 0 Å². The molecule has 0 unspecified atom stereocenters. The summed E-state index contributed by atoms with van der Waals surface area (Å²) in [6.07, 6.45) is 0. The van der Waals surface area contributed by atoms with Gasteiger partial charge in [0.15, 0.2) is 11.5 Å². The van der Waals surface area contributed by atoms with Gasteiger partial charge in [-0.3, -0.25) is 0 Å². The average molecular weight is 194 g/mol. The van der Waals surface area contributed by atoms with Crippen molar-refractivity contribution in [3.63, 3.8) is 0 Å². The summed E-state index contributed by atoms with van der Waals surface area (Å²) in [4.78, 5) is 14.6. The molecule has 0 saturated heterocycles.